The Hall–Kier alpha value is -4.18. The van der Waals surface area contributed by atoms with Crippen LogP contribution in [0, 0.1) is 25.2 Å². The van der Waals surface area contributed by atoms with E-state index >= 15 is 0 Å². The minimum atomic E-state index is -0.787. The molecule has 31 heavy (non-hydrogen) atoms. The molecule has 0 aliphatic carbocycles. The third-order valence-corrected chi connectivity index (χ3v) is 4.62. The molecule has 3 rings (SSSR count). The predicted octanol–water partition coefficient (Wildman–Crippen LogP) is 3.60. The van der Waals surface area contributed by atoms with Crippen molar-refractivity contribution in [1.82, 2.24) is 5.32 Å². The molecule has 0 spiro atoms. The van der Waals surface area contributed by atoms with Crippen molar-refractivity contribution in [2.24, 2.45) is 0 Å². The molecule has 0 atom stereocenters. The Labute approximate surface area is 180 Å². The number of carbonyl (C=O) groups excluding carboxylic acids is 3. The average Bonchev–Trinajstić information content (AvgIpc) is 2.70. The number of rotatable bonds is 6. The Morgan fingerprint density at radius 1 is 1.13 bits per heavy atom. The molecule has 2 aromatic rings. The monoisotopic (exact) mass is 415 g/mol. The maximum absolute atomic E-state index is 13.1. The van der Waals surface area contributed by atoms with Gasteiger partial charge in [-0.1, -0.05) is 18.2 Å². The van der Waals surface area contributed by atoms with Crippen molar-refractivity contribution in [3.63, 3.8) is 0 Å². The standard InChI is InChI=1S/C24H21N3O4/c1-4-5-18-13-17(6-7-21(18)31-9-8-25)14-20-22(28)26-24(30)27(23(20)29)19-11-15(2)10-16(3)12-19/h4,6-7,10-14H,1,5,9H2,2-3H3,(H,26,28,30)/b20-14+. The number of nitrogens with zero attached hydrogens (tertiary/aromatic N) is 2. The zero-order chi connectivity index (χ0) is 22.5. The number of hydrogen-bond donors (Lipinski definition) is 1. The summed E-state index contributed by atoms with van der Waals surface area (Å²) in [7, 11) is 0. The Morgan fingerprint density at radius 2 is 1.84 bits per heavy atom. The normalized spacial score (nSPS) is 14.9. The molecule has 7 nitrogen and oxygen atoms in total. The van der Waals surface area contributed by atoms with Gasteiger partial charge in [0.05, 0.1) is 5.69 Å². The molecule has 1 fully saturated rings. The van der Waals surface area contributed by atoms with E-state index in [-0.39, 0.29) is 12.2 Å². The minimum absolute atomic E-state index is 0.0988. The van der Waals surface area contributed by atoms with Crippen LogP contribution >= 0.6 is 0 Å². The average molecular weight is 415 g/mol. The number of benzene rings is 2. The number of carbonyl (C=O) groups is 3. The second kappa shape index (κ2) is 9.09. The van der Waals surface area contributed by atoms with Crippen molar-refractivity contribution in [2.75, 3.05) is 11.5 Å². The number of aryl methyl sites for hydroxylation is 2. The van der Waals surface area contributed by atoms with Crippen LogP contribution in [0.5, 0.6) is 5.75 Å². The number of allylic oxidation sites excluding steroid dienone is 1. The van der Waals surface area contributed by atoms with Gasteiger partial charge in [-0.25, -0.2) is 9.69 Å². The zero-order valence-electron chi connectivity index (χ0n) is 17.3. The van der Waals surface area contributed by atoms with Crippen molar-refractivity contribution in [2.45, 2.75) is 20.3 Å². The summed E-state index contributed by atoms with van der Waals surface area (Å²) in [6, 6.07) is 11.6. The SMILES string of the molecule is C=CCc1cc(/C=C2\C(=O)NC(=O)N(c3cc(C)cc(C)c3)C2=O)ccc1OCC#N. The molecule has 1 heterocycles. The van der Waals surface area contributed by atoms with Crippen LogP contribution in [0.2, 0.25) is 0 Å². The summed E-state index contributed by atoms with van der Waals surface area (Å²) in [5.41, 5.74) is 3.35. The third kappa shape index (κ3) is 4.70. The Bertz CT molecular complexity index is 1140. The second-order valence-electron chi connectivity index (χ2n) is 7.11. The van der Waals surface area contributed by atoms with Crippen LogP contribution < -0.4 is 15.0 Å². The van der Waals surface area contributed by atoms with Crippen LogP contribution in [0.1, 0.15) is 22.3 Å². The van der Waals surface area contributed by atoms with E-state index in [1.54, 1.807) is 36.4 Å². The van der Waals surface area contributed by atoms with Crippen LogP contribution in [-0.4, -0.2) is 24.5 Å². The van der Waals surface area contributed by atoms with E-state index in [1.165, 1.54) is 6.08 Å². The molecule has 0 bridgehead atoms. The number of nitrogens with one attached hydrogen (secondary N) is 1. The summed E-state index contributed by atoms with van der Waals surface area (Å²) < 4.78 is 5.41. The first kappa shape index (κ1) is 21.5. The van der Waals surface area contributed by atoms with Crippen LogP contribution in [0.3, 0.4) is 0 Å². The Morgan fingerprint density at radius 3 is 2.48 bits per heavy atom. The lowest BCUT2D eigenvalue weighted by Gasteiger charge is -2.27. The van der Waals surface area contributed by atoms with Gasteiger partial charge in [0, 0.05) is 0 Å². The van der Waals surface area contributed by atoms with Gasteiger partial charge < -0.3 is 4.74 Å². The van der Waals surface area contributed by atoms with Gasteiger partial charge in [-0.15, -0.1) is 6.58 Å². The van der Waals surface area contributed by atoms with Crippen molar-refractivity contribution >= 4 is 29.6 Å². The first-order chi connectivity index (χ1) is 14.8. The summed E-state index contributed by atoms with van der Waals surface area (Å²) in [6.07, 6.45) is 3.59. The Kier molecular flexibility index (Phi) is 6.32. The van der Waals surface area contributed by atoms with E-state index in [9.17, 15) is 14.4 Å². The first-order valence-corrected chi connectivity index (χ1v) is 9.57. The molecule has 2 aromatic carbocycles. The van der Waals surface area contributed by atoms with Crippen molar-refractivity contribution in [1.29, 1.82) is 5.26 Å². The van der Waals surface area contributed by atoms with Crippen molar-refractivity contribution in [3.05, 3.63) is 76.9 Å². The first-order valence-electron chi connectivity index (χ1n) is 9.57. The molecule has 0 aromatic heterocycles. The number of hydrogen-bond acceptors (Lipinski definition) is 5. The van der Waals surface area contributed by atoms with Gasteiger partial charge in [0.2, 0.25) is 0 Å². The van der Waals surface area contributed by atoms with Crippen molar-refractivity contribution in [3.8, 4) is 11.8 Å². The number of barbiturate groups is 1. The topological polar surface area (TPSA) is 99.5 Å². The number of amides is 4. The van der Waals surface area contributed by atoms with Gasteiger partial charge in [-0.2, -0.15) is 5.26 Å². The van der Waals surface area contributed by atoms with Crippen LogP contribution in [0.15, 0.2) is 54.6 Å². The highest BCUT2D eigenvalue weighted by molar-refractivity contribution is 6.39. The Balaban J connectivity index is 2.00. The summed E-state index contributed by atoms with van der Waals surface area (Å²) in [5, 5.41) is 11.0. The molecule has 7 heteroatoms. The predicted molar refractivity (Wildman–Crippen MR) is 116 cm³/mol. The van der Waals surface area contributed by atoms with Crippen molar-refractivity contribution < 1.29 is 19.1 Å². The second-order valence-corrected chi connectivity index (χ2v) is 7.11. The number of imide groups is 2. The maximum atomic E-state index is 13.1. The summed E-state index contributed by atoms with van der Waals surface area (Å²) in [4.78, 5) is 38.9. The fourth-order valence-electron chi connectivity index (χ4n) is 3.39. The van der Waals surface area contributed by atoms with E-state index in [0.717, 1.165) is 21.6 Å². The van der Waals surface area contributed by atoms with Crippen LogP contribution in [0.25, 0.3) is 6.08 Å². The lowest BCUT2D eigenvalue weighted by molar-refractivity contribution is -0.122. The maximum Gasteiger partial charge on any atom is 0.335 e. The summed E-state index contributed by atoms with van der Waals surface area (Å²) >= 11 is 0. The van der Waals surface area contributed by atoms with Crippen LogP contribution in [-0.2, 0) is 16.0 Å². The highest BCUT2D eigenvalue weighted by Gasteiger charge is 2.37. The summed E-state index contributed by atoms with van der Waals surface area (Å²) in [5.74, 6) is -0.936. The number of urea groups is 1. The molecule has 1 N–H and O–H groups in total. The van der Waals surface area contributed by atoms with Gasteiger partial charge in [0.15, 0.2) is 6.61 Å². The van der Waals surface area contributed by atoms with Gasteiger partial charge in [-0.05, 0) is 72.9 Å². The van der Waals surface area contributed by atoms with Crippen LogP contribution in [0.4, 0.5) is 10.5 Å². The fourth-order valence-corrected chi connectivity index (χ4v) is 3.39. The van der Waals surface area contributed by atoms with Gasteiger partial charge in [0.1, 0.15) is 17.4 Å². The zero-order valence-corrected chi connectivity index (χ0v) is 17.3. The fraction of sp³-hybridized carbons (Fsp3) is 0.167. The number of nitriles is 1. The van der Waals surface area contributed by atoms with E-state index in [0.29, 0.717) is 23.4 Å². The smallest absolute Gasteiger partial charge is 0.335 e. The molecule has 1 aliphatic heterocycles. The molecule has 1 saturated heterocycles. The lowest BCUT2D eigenvalue weighted by Crippen LogP contribution is -2.54. The molecule has 1 aliphatic rings. The molecular weight excluding hydrogens is 394 g/mol. The van der Waals surface area contributed by atoms with Gasteiger partial charge in [0.25, 0.3) is 11.8 Å². The molecule has 0 radical (unpaired) electrons. The molecule has 0 saturated carbocycles. The molecular formula is C24H21N3O4. The largest absolute Gasteiger partial charge is 0.478 e. The van der Waals surface area contributed by atoms with E-state index in [2.05, 4.69) is 11.9 Å². The van der Waals surface area contributed by atoms with E-state index in [4.69, 9.17) is 10.00 Å². The molecule has 156 valence electrons. The molecule has 0 unspecified atom stereocenters. The third-order valence-electron chi connectivity index (χ3n) is 4.62. The minimum Gasteiger partial charge on any atom is -0.478 e. The van der Waals surface area contributed by atoms with E-state index < -0.39 is 17.8 Å². The number of anilines is 1. The van der Waals surface area contributed by atoms with E-state index in [1.807, 2.05) is 26.0 Å². The van der Waals surface area contributed by atoms with Gasteiger partial charge in [-0.3, -0.25) is 14.9 Å². The lowest BCUT2D eigenvalue weighted by atomic mass is 10.0. The highest BCUT2D eigenvalue weighted by atomic mass is 16.5. The number of ether oxygens (including phenoxy) is 1. The molecule has 4 amide bonds. The summed E-state index contributed by atoms with van der Waals surface area (Å²) in [6.45, 7) is 7.34. The highest BCUT2D eigenvalue weighted by Crippen LogP contribution is 2.26. The van der Waals surface area contributed by atoms with Gasteiger partial charge >= 0.3 is 6.03 Å². The quantitative estimate of drug-likeness (QED) is 0.441.